The fourth-order valence-corrected chi connectivity index (χ4v) is 3.19. The Balaban J connectivity index is 0. The summed E-state index contributed by atoms with van der Waals surface area (Å²) < 4.78 is 0. The molecule has 0 atom stereocenters. The topological polar surface area (TPSA) is 0 Å². The van der Waals surface area contributed by atoms with E-state index in [1.54, 1.807) is 0 Å². The summed E-state index contributed by atoms with van der Waals surface area (Å²) in [5.41, 5.74) is 13.6. The third-order valence-electron chi connectivity index (χ3n) is 7.06. The molecule has 0 spiro atoms. The number of allylic oxidation sites excluding steroid dienone is 10. The van der Waals surface area contributed by atoms with E-state index >= 15 is 0 Å². The molecule has 0 N–H and O–H groups in total. The van der Waals surface area contributed by atoms with Crippen molar-refractivity contribution in [3.05, 3.63) is 94.1 Å². The Morgan fingerprint density at radius 2 is 0.973 bits per heavy atom. The van der Waals surface area contributed by atoms with Crippen molar-refractivity contribution in [3.63, 3.8) is 0 Å². The molecular weight excluding hydrogens is 444 g/mol. The third-order valence-corrected chi connectivity index (χ3v) is 7.06. The van der Waals surface area contributed by atoms with Gasteiger partial charge in [-0.3, -0.25) is 0 Å². The summed E-state index contributed by atoms with van der Waals surface area (Å²) in [6.07, 6.45) is 10.2. The fourth-order valence-electron chi connectivity index (χ4n) is 3.19. The van der Waals surface area contributed by atoms with Gasteiger partial charge in [-0.25, -0.2) is 0 Å². The highest BCUT2D eigenvalue weighted by atomic mass is 14.2. The molecule has 0 heteroatoms. The third kappa shape index (κ3) is 13.1. The van der Waals surface area contributed by atoms with Crippen molar-refractivity contribution < 1.29 is 0 Å². The molecule has 1 aromatic rings. The molecule has 0 fully saturated rings. The average molecular weight is 505 g/mol. The SMILES string of the molecule is C=C(C)C(=C)C.CC.CCc1c(/C(C)=C/C=C(\C)C(C)(C)C)ccc(/C(C)=C/C=C(\C)C(C)(C)C)c1C. The van der Waals surface area contributed by atoms with Crippen LogP contribution in [0.3, 0.4) is 0 Å². The van der Waals surface area contributed by atoms with Crippen LogP contribution in [0.2, 0.25) is 0 Å². The maximum absolute atomic E-state index is 3.66. The summed E-state index contributed by atoms with van der Waals surface area (Å²) >= 11 is 0. The van der Waals surface area contributed by atoms with Gasteiger partial charge in [-0.2, -0.15) is 0 Å². The van der Waals surface area contributed by atoms with E-state index in [4.69, 9.17) is 0 Å². The van der Waals surface area contributed by atoms with Gasteiger partial charge in [-0.05, 0) is 99.1 Å². The second kappa shape index (κ2) is 16.5. The molecular formula is C37H60. The Bertz CT molecular complexity index is 1000. The summed E-state index contributed by atoms with van der Waals surface area (Å²) in [7, 11) is 0. The van der Waals surface area contributed by atoms with E-state index in [1.165, 1.54) is 44.5 Å². The quantitative estimate of drug-likeness (QED) is 0.338. The zero-order chi connectivity index (χ0) is 29.7. The Labute approximate surface area is 233 Å². The minimum atomic E-state index is 0.213. The molecule has 208 valence electrons. The number of hydrogen-bond donors (Lipinski definition) is 0. The van der Waals surface area contributed by atoms with Crippen molar-refractivity contribution in [1.82, 2.24) is 0 Å². The Morgan fingerprint density at radius 3 is 1.27 bits per heavy atom. The second-order valence-corrected chi connectivity index (χ2v) is 12.1. The highest BCUT2D eigenvalue weighted by Crippen LogP contribution is 2.31. The van der Waals surface area contributed by atoms with Gasteiger partial charge in [-0.1, -0.05) is 134 Å². The first-order valence-electron chi connectivity index (χ1n) is 14.0. The van der Waals surface area contributed by atoms with E-state index in [1.807, 2.05) is 27.7 Å². The summed E-state index contributed by atoms with van der Waals surface area (Å²) in [6.45, 7) is 42.3. The lowest BCUT2D eigenvalue weighted by Gasteiger charge is -2.20. The summed E-state index contributed by atoms with van der Waals surface area (Å²) in [4.78, 5) is 0. The largest absolute Gasteiger partial charge is 0.0959 e. The molecule has 0 saturated heterocycles. The molecule has 0 radical (unpaired) electrons. The first kappa shape index (κ1) is 36.8. The molecule has 37 heavy (non-hydrogen) atoms. The van der Waals surface area contributed by atoms with Crippen molar-refractivity contribution in [3.8, 4) is 0 Å². The predicted octanol–water partition coefficient (Wildman–Crippen LogP) is 12.5. The van der Waals surface area contributed by atoms with E-state index in [0.29, 0.717) is 0 Å². The van der Waals surface area contributed by atoms with Gasteiger partial charge in [-0.15, -0.1) is 0 Å². The van der Waals surface area contributed by atoms with Crippen LogP contribution in [0.5, 0.6) is 0 Å². The normalized spacial score (nSPS) is 13.3. The molecule has 0 saturated carbocycles. The minimum Gasteiger partial charge on any atom is -0.0959 e. The van der Waals surface area contributed by atoms with Crippen LogP contribution in [-0.2, 0) is 6.42 Å². The van der Waals surface area contributed by atoms with Crippen molar-refractivity contribution in [2.24, 2.45) is 10.8 Å². The number of benzene rings is 1. The Morgan fingerprint density at radius 1 is 0.649 bits per heavy atom. The van der Waals surface area contributed by atoms with Gasteiger partial charge in [0.25, 0.3) is 0 Å². The van der Waals surface area contributed by atoms with Crippen LogP contribution in [0.1, 0.15) is 126 Å². The lowest BCUT2D eigenvalue weighted by molar-refractivity contribution is 0.504. The van der Waals surface area contributed by atoms with E-state index in [-0.39, 0.29) is 10.8 Å². The zero-order valence-corrected chi connectivity index (χ0v) is 27.6. The summed E-state index contributed by atoms with van der Waals surface area (Å²) in [5.74, 6) is 0. The van der Waals surface area contributed by atoms with Gasteiger partial charge < -0.3 is 0 Å². The monoisotopic (exact) mass is 504 g/mol. The van der Waals surface area contributed by atoms with Gasteiger partial charge >= 0.3 is 0 Å². The van der Waals surface area contributed by atoms with Crippen LogP contribution in [0.15, 0.2) is 71.9 Å². The smallest absolute Gasteiger partial charge is 0.0173 e. The Kier molecular flexibility index (Phi) is 16.4. The number of hydrogen-bond acceptors (Lipinski definition) is 0. The Hall–Kier alpha value is -2.34. The predicted molar refractivity (Wildman–Crippen MR) is 175 cm³/mol. The van der Waals surface area contributed by atoms with Crippen molar-refractivity contribution in [2.45, 2.75) is 117 Å². The minimum absolute atomic E-state index is 0.213. The maximum atomic E-state index is 3.66. The van der Waals surface area contributed by atoms with Gasteiger partial charge in [0.1, 0.15) is 0 Å². The second-order valence-electron chi connectivity index (χ2n) is 12.1. The van der Waals surface area contributed by atoms with Gasteiger partial charge in [0.05, 0.1) is 0 Å². The molecule has 0 nitrogen and oxygen atoms in total. The van der Waals surface area contributed by atoms with Crippen molar-refractivity contribution in [1.29, 1.82) is 0 Å². The first-order valence-corrected chi connectivity index (χ1v) is 14.0. The molecule has 1 aromatic carbocycles. The molecule has 0 unspecified atom stereocenters. The molecule has 1 rings (SSSR count). The molecule has 0 aliphatic rings. The van der Waals surface area contributed by atoms with E-state index in [2.05, 4.69) is 133 Å². The van der Waals surface area contributed by atoms with Crippen LogP contribution < -0.4 is 0 Å². The average Bonchev–Trinajstić information content (AvgIpc) is 2.80. The van der Waals surface area contributed by atoms with Crippen LogP contribution >= 0.6 is 0 Å². The molecule has 0 aliphatic carbocycles. The van der Waals surface area contributed by atoms with Crippen LogP contribution in [0.25, 0.3) is 11.1 Å². The van der Waals surface area contributed by atoms with Gasteiger partial charge in [0.2, 0.25) is 0 Å². The highest BCUT2D eigenvalue weighted by Gasteiger charge is 2.14. The summed E-state index contributed by atoms with van der Waals surface area (Å²) in [5, 5.41) is 0. The maximum Gasteiger partial charge on any atom is -0.0173 e. The molecule has 0 amide bonds. The highest BCUT2D eigenvalue weighted by molar-refractivity contribution is 5.75. The van der Waals surface area contributed by atoms with Crippen molar-refractivity contribution in [2.75, 3.05) is 0 Å². The molecule has 0 heterocycles. The van der Waals surface area contributed by atoms with E-state index < -0.39 is 0 Å². The van der Waals surface area contributed by atoms with E-state index in [0.717, 1.165) is 17.6 Å². The fraction of sp³-hybridized carbons (Fsp3) is 0.514. The van der Waals surface area contributed by atoms with Crippen molar-refractivity contribution >= 4 is 11.1 Å². The standard InChI is InChI=1S/C29H44.C6H10.C2H6/c1-13-25-24(6)26(20(2)14-16-22(4)28(7,8)9)18-19-27(25)21(3)15-17-23(5)29(10,11)12;1-5(2)6(3)4;1-2/h14-19H,13H2,1-12H3;1,3H2,2,4H3;1-2H3/b20-14+,21-15+,22-16+,23-17+;;. The summed E-state index contributed by atoms with van der Waals surface area (Å²) in [6, 6.07) is 4.61. The number of rotatable bonds is 6. The lowest BCUT2D eigenvalue weighted by atomic mass is 9.86. The lowest BCUT2D eigenvalue weighted by Crippen LogP contribution is -2.06. The van der Waals surface area contributed by atoms with Gasteiger partial charge in [0, 0.05) is 0 Å². The van der Waals surface area contributed by atoms with Crippen LogP contribution in [0.4, 0.5) is 0 Å². The van der Waals surface area contributed by atoms with Crippen LogP contribution in [0, 0.1) is 17.8 Å². The molecule has 0 aliphatic heterocycles. The van der Waals surface area contributed by atoms with Gasteiger partial charge in [0.15, 0.2) is 0 Å². The molecule has 0 aromatic heterocycles. The zero-order valence-electron chi connectivity index (χ0n) is 27.6. The first-order chi connectivity index (χ1) is 16.8. The molecule has 0 bridgehead atoms. The van der Waals surface area contributed by atoms with Crippen LogP contribution in [-0.4, -0.2) is 0 Å². The van der Waals surface area contributed by atoms with E-state index in [9.17, 15) is 0 Å².